The van der Waals surface area contributed by atoms with Gasteiger partial charge in [-0.1, -0.05) is 19.6 Å². The number of phenolic OH excluding ortho intramolecular Hbond substituents is 1. The van der Waals surface area contributed by atoms with Crippen molar-refractivity contribution in [2.45, 2.75) is 76.4 Å². The maximum Gasteiger partial charge on any atom is 0.393 e. The van der Waals surface area contributed by atoms with Crippen LogP contribution in [0.3, 0.4) is 0 Å². The Hall–Kier alpha value is -5.14. The third kappa shape index (κ3) is 11.1. The largest absolute Gasteiger partial charge is 0.505 e. The van der Waals surface area contributed by atoms with E-state index in [1.807, 2.05) is 0 Å². The Morgan fingerprint density at radius 2 is 1.48 bits per heavy atom. The van der Waals surface area contributed by atoms with Crippen LogP contribution in [0.15, 0.2) is 61.2 Å². The number of nitrogens with zero attached hydrogens (tertiary/aromatic N) is 5. The highest BCUT2D eigenvalue weighted by Gasteiger charge is 2.32. The van der Waals surface area contributed by atoms with Crippen molar-refractivity contribution in [1.82, 2.24) is 29.9 Å². The van der Waals surface area contributed by atoms with Crippen molar-refractivity contribution in [1.29, 1.82) is 0 Å². The molecule has 1 atom stereocenters. The van der Waals surface area contributed by atoms with Crippen molar-refractivity contribution in [3.05, 3.63) is 83.9 Å². The van der Waals surface area contributed by atoms with Crippen molar-refractivity contribution in [2.75, 3.05) is 20.0 Å². The van der Waals surface area contributed by atoms with E-state index in [0.29, 0.717) is 29.6 Å². The number of aromatic nitrogens is 6. The Morgan fingerprint density at radius 1 is 0.828 bits per heavy atom. The summed E-state index contributed by atoms with van der Waals surface area (Å²) in [5, 5.41) is 21.6. The predicted molar refractivity (Wildman–Crippen MR) is 202 cm³/mol. The third-order valence-electron chi connectivity index (χ3n) is 9.19. The van der Waals surface area contributed by atoms with Crippen LogP contribution in [-0.4, -0.2) is 75.5 Å². The molecule has 2 N–H and O–H groups in total. The standard InChI is InChI=1S/C25H31F4N3O3Si.C14H9F4N3O/c1-36(2,3)9-8-33-16-35-23-10-17(13-25(27,28)29)19(11-20(23)26)21-12-22-18(14-30-21)15-31-32(22)24-6-4-5-7-34-24;15-10-2-9(7(1-13(10)22)4-14(16,17)18)12-3-11-8(5-19-12)6-20-21-11/h10-12,14-15,24H,4-9,13,16H2,1-3H3;1-3,5-6,22H,4H2,(H,20,21). The van der Waals surface area contributed by atoms with Gasteiger partial charge in [-0.15, -0.1) is 0 Å². The Labute approximate surface area is 328 Å². The van der Waals surface area contributed by atoms with Crippen LogP contribution in [0, 0.1) is 11.6 Å². The molecule has 0 saturated carbocycles. The van der Waals surface area contributed by atoms with E-state index in [0.717, 1.165) is 55.0 Å². The summed E-state index contributed by atoms with van der Waals surface area (Å²) in [5.41, 5.74) is 1.26. The van der Waals surface area contributed by atoms with E-state index in [-0.39, 0.29) is 52.4 Å². The molecule has 1 unspecified atom stereocenters. The highest BCUT2D eigenvalue weighted by molar-refractivity contribution is 6.76. The van der Waals surface area contributed by atoms with Crippen LogP contribution in [0.1, 0.15) is 36.6 Å². The number of aromatic amines is 1. The number of rotatable bonds is 11. The van der Waals surface area contributed by atoms with Gasteiger partial charge in [0.05, 0.1) is 47.7 Å². The number of H-pyrrole nitrogens is 1. The second-order valence-electron chi connectivity index (χ2n) is 15.0. The van der Waals surface area contributed by atoms with Crippen molar-refractivity contribution in [3.8, 4) is 34.0 Å². The van der Waals surface area contributed by atoms with E-state index in [2.05, 4.69) is 44.9 Å². The van der Waals surface area contributed by atoms with Gasteiger partial charge in [-0.25, -0.2) is 13.5 Å². The predicted octanol–water partition coefficient (Wildman–Crippen LogP) is 10.3. The van der Waals surface area contributed by atoms with Gasteiger partial charge in [-0.3, -0.25) is 15.1 Å². The fourth-order valence-electron chi connectivity index (χ4n) is 6.27. The number of hydrogen-bond donors (Lipinski definition) is 2. The number of nitrogens with one attached hydrogen (secondary N) is 1. The zero-order chi connectivity index (χ0) is 41.8. The minimum absolute atomic E-state index is 0.0240. The van der Waals surface area contributed by atoms with E-state index in [9.17, 15) is 40.2 Å². The van der Waals surface area contributed by atoms with Gasteiger partial charge in [-0.2, -0.15) is 36.5 Å². The molecule has 4 aromatic heterocycles. The van der Waals surface area contributed by atoms with Crippen LogP contribution in [0.2, 0.25) is 25.7 Å². The van der Waals surface area contributed by atoms with Gasteiger partial charge >= 0.3 is 12.4 Å². The number of hydrogen-bond acceptors (Lipinski definition) is 8. The van der Waals surface area contributed by atoms with Crippen LogP contribution in [0.4, 0.5) is 35.1 Å². The quantitative estimate of drug-likeness (QED) is 0.0573. The molecule has 0 radical (unpaired) electrons. The third-order valence-corrected chi connectivity index (χ3v) is 10.9. The number of benzene rings is 2. The molecule has 0 bridgehead atoms. The van der Waals surface area contributed by atoms with Crippen LogP contribution in [-0.2, 0) is 22.3 Å². The molecule has 0 aliphatic carbocycles. The minimum atomic E-state index is -4.50. The first-order valence-electron chi connectivity index (χ1n) is 18.3. The molecule has 2 aromatic carbocycles. The highest BCUT2D eigenvalue weighted by Crippen LogP contribution is 2.36. The SMILES string of the molecule is C[Si](C)(C)CCOCOc1cc(CC(F)(F)F)c(-c2cc3c(cn2)cnn3C2CCCCO2)cc1F.Oc1cc(CC(F)(F)F)c(-c2cc3[nH]ncc3cn2)cc1F. The maximum absolute atomic E-state index is 15.0. The number of halogens is 8. The molecule has 7 rings (SSSR count). The summed E-state index contributed by atoms with van der Waals surface area (Å²) in [5.74, 6) is -2.90. The first-order chi connectivity index (χ1) is 27.3. The molecule has 1 fully saturated rings. The Bertz CT molecular complexity index is 2350. The Balaban J connectivity index is 0.000000220. The number of fused-ring (bicyclic) bond motifs is 2. The van der Waals surface area contributed by atoms with Crippen LogP contribution < -0.4 is 4.74 Å². The molecule has 5 heterocycles. The first-order valence-corrected chi connectivity index (χ1v) is 22.0. The summed E-state index contributed by atoms with van der Waals surface area (Å²) in [4.78, 5) is 8.35. The summed E-state index contributed by atoms with van der Waals surface area (Å²) >= 11 is 0. The monoisotopic (exact) mass is 836 g/mol. The molecule has 310 valence electrons. The lowest BCUT2D eigenvalue weighted by atomic mass is 9.99. The van der Waals surface area contributed by atoms with Crippen LogP contribution in [0.5, 0.6) is 11.5 Å². The summed E-state index contributed by atoms with van der Waals surface area (Å²) in [6.45, 7) is 7.41. The number of alkyl halides is 6. The molecule has 1 aliphatic rings. The molecule has 19 heteroatoms. The van der Waals surface area contributed by atoms with Gasteiger partial charge in [-0.05, 0) is 72.8 Å². The number of phenols is 1. The summed E-state index contributed by atoms with van der Waals surface area (Å²) in [6.07, 6.45) is -2.92. The average molecular weight is 837 g/mol. The van der Waals surface area contributed by atoms with Crippen LogP contribution >= 0.6 is 0 Å². The zero-order valence-corrected chi connectivity index (χ0v) is 32.6. The van der Waals surface area contributed by atoms with E-state index in [1.165, 1.54) is 24.7 Å². The number of aromatic hydroxyl groups is 1. The van der Waals surface area contributed by atoms with Crippen molar-refractivity contribution >= 4 is 29.9 Å². The molecule has 0 amide bonds. The van der Waals surface area contributed by atoms with Crippen molar-refractivity contribution in [2.24, 2.45) is 0 Å². The van der Waals surface area contributed by atoms with E-state index < -0.39 is 50.7 Å². The van der Waals surface area contributed by atoms with Crippen molar-refractivity contribution in [3.63, 3.8) is 0 Å². The number of pyridine rings is 2. The molecule has 58 heavy (non-hydrogen) atoms. The molecule has 1 saturated heterocycles. The lowest BCUT2D eigenvalue weighted by Crippen LogP contribution is -2.22. The van der Waals surface area contributed by atoms with Crippen molar-refractivity contribution < 1.29 is 54.4 Å². The van der Waals surface area contributed by atoms with Gasteiger partial charge in [0.15, 0.2) is 36.2 Å². The van der Waals surface area contributed by atoms with Crippen LogP contribution in [0.25, 0.3) is 44.3 Å². The topological polar surface area (TPSA) is 120 Å². The first kappa shape index (κ1) is 42.5. The van der Waals surface area contributed by atoms with E-state index in [1.54, 1.807) is 16.9 Å². The van der Waals surface area contributed by atoms with E-state index >= 15 is 0 Å². The molecule has 10 nitrogen and oxygen atoms in total. The molecular formula is C39H40F8N6O4Si. The summed E-state index contributed by atoms with van der Waals surface area (Å²) < 4.78 is 125. The normalized spacial score (nSPS) is 15.1. The molecule has 6 aromatic rings. The van der Waals surface area contributed by atoms with Gasteiger partial charge in [0, 0.05) is 55.6 Å². The smallest absolute Gasteiger partial charge is 0.393 e. The Kier molecular flexibility index (Phi) is 12.7. The zero-order valence-electron chi connectivity index (χ0n) is 31.6. The summed E-state index contributed by atoms with van der Waals surface area (Å²) in [7, 11) is -1.31. The summed E-state index contributed by atoms with van der Waals surface area (Å²) in [6, 6.07) is 7.77. The van der Waals surface area contributed by atoms with Gasteiger partial charge in [0.1, 0.15) is 0 Å². The second kappa shape index (κ2) is 17.4. The maximum atomic E-state index is 15.0. The van der Waals surface area contributed by atoms with Gasteiger partial charge in [0.2, 0.25) is 0 Å². The lowest BCUT2D eigenvalue weighted by Gasteiger charge is -2.23. The fraction of sp³-hybridized carbons (Fsp3) is 0.385. The fourth-order valence-corrected chi connectivity index (χ4v) is 7.03. The highest BCUT2D eigenvalue weighted by atomic mass is 28.3. The average Bonchev–Trinajstić information content (AvgIpc) is 3.80. The second-order valence-corrected chi connectivity index (χ2v) is 20.7. The minimum Gasteiger partial charge on any atom is -0.505 e. The van der Waals surface area contributed by atoms with E-state index in [4.69, 9.17) is 14.2 Å². The van der Waals surface area contributed by atoms with Gasteiger partial charge < -0.3 is 19.3 Å². The lowest BCUT2D eigenvalue weighted by molar-refractivity contribution is -0.128. The molecule has 1 aliphatic heterocycles. The molecule has 0 spiro atoms. The molecular weight excluding hydrogens is 797 g/mol. The van der Waals surface area contributed by atoms with Gasteiger partial charge in [0.25, 0.3) is 0 Å². The number of ether oxygens (including phenoxy) is 3. The Morgan fingerprint density at radius 3 is 2.14 bits per heavy atom.